The Labute approximate surface area is 98.8 Å². The number of aryl methyl sites for hydroxylation is 1. The fourth-order valence-corrected chi connectivity index (χ4v) is 2.20. The first-order valence-corrected chi connectivity index (χ1v) is 5.74. The second kappa shape index (κ2) is 3.74. The Morgan fingerprint density at radius 2 is 1.94 bits per heavy atom. The van der Waals surface area contributed by atoms with Crippen LogP contribution in [0, 0.1) is 0 Å². The smallest absolute Gasteiger partial charge is 0.344 e. The molecule has 2 nitrogen and oxygen atoms in total. The molecule has 0 saturated heterocycles. The van der Waals surface area contributed by atoms with Gasteiger partial charge in [-0.1, -0.05) is 37.3 Å². The van der Waals surface area contributed by atoms with Gasteiger partial charge in [0, 0.05) is 6.42 Å². The van der Waals surface area contributed by atoms with Crippen LogP contribution in [-0.2, 0) is 6.42 Å². The third kappa shape index (κ3) is 1.53. The van der Waals surface area contributed by atoms with E-state index in [0.29, 0.717) is 5.39 Å². The van der Waals surface area contributed by atoms with Crippen LogP contribution in [0.2, 0.25) is 0 Å². The highest BCUT2D eigenvalue weighted by atomic mass is 16.4. The predicted molar refractivity (Wildman–Crippen MR) is 68.5 cm³/mol. The van der Waals surface area contributed by atoms with Crippen molar-refractivity contribution in [3.05, 3.63) is 58.6 Å². The average molecular weight is 224 g/mol. The molecule has 0 bridgehead atoms. The van der Waals surface area contributed by atoms with Gasteiger partial charge in [0.05, 0.1) is 5.39 Å². The summed E-state index contributed by atoms with van der Waals surface area (Å²) in [6.45, 7) is 1.98. The zero-order valence-corrected chi connectivity index (χ0v) is 9.57. The van der Waals surface area contributed by atoms with Crippen LogP contribution in [-0.4, -0.2) is 0 Å². The van der Waals surface area contributed by atoms with Crippen LogP contribution in [0.15, 0.2) is 51.7 Å². The highest BCUT2D eigenvalue weighted by molar-refractivity contribution is 6.01. The van der Waals surface area contributed by atoms with Crippen molar-refractivity contribution < 1.29 is 4.42 Å². The standard InChI is InChI=1S/C15H12O2/c1-2-12-9-11-8-10-6-4-3-5-7-13(10)14(11)15(16)17-12/h3-9H,2H2,1H3. The molecule has 0 saturated carbocycles. The summed E-state index contributed by atoms with van der Waals surface area (Å²) in [5.74, 6) is 0.738. The van der Waals surface area contributed by atoms with Crippen LogP contribution in [0.25, 0.3) is 21.9 Å². The van der Waals surface area contributed by atoms with E-state index >= 15 is 0 Å². The first kappa shape index (κ1) is 10.1. The topological polar surface area (TPSA) is 30.2 Å². The van der Waals surface area contributed by atoms with Gasteiger partial charge in [0.25, 0.3) is 0 Å². The van der Waals surface area contributed by atoms with Crippen molar-refractivity contribution in [2.75, 3.05) is 0 Å². The SMILES string of the molecule is CCc1cc2cc3cccccc-3c2c(=O)o1. The lowest BCUT2D eigenvalue weighted by molar-refractivity contribution is 0.473. The van der Waals surface area contributed by atoms with Gasteiger partial charge >= 0.3 is 5.63 Å². The summed E-state index contributed by atoms with van der Waals surface area (Å²) in [6.07, 6.45) is 0.737. The summed E-state index contributed by atoms with van der Waals surface area (Å²) in [5.41, 5.74) is 1.80. The van der Waals surface area contributed by atoms with Crippen molar-refractivity contribution in [2.45, 2.75) is 13.3 Å². The predicted octanol–water partition coefficient (Wildman–Crippen LogP) is 3.46. The summed E-state index contributed by atoms with van der Waals surface area (Å²) in [4.78, 5) is 12.0. The van der Waals surface area contributed by atoms with Gasteiger partial charge in [-0.15, -0.1) is 0 Å². The molecular formula is C15H12O2. The molecule has 0 spiro atoms. The number of hydrogen-bond donors (Lipinski definition) is 0. The molecule has 0 atom stereocenters. The molecule has 1 aromatic rings. The molecule has 0 amide bonds. The highest BCUT2D eigenvalue weighted by Gasteiger charge is 2.13. The molecule has 84 valence electrons. The van der Waals surface area contributed by atoms with Gasteiger partial charge in [-0.3, -0.25) is 0 Å². The molecule has 2 heteroatoms. The third-order valence-electron chi connectivity index (χ3n) is 3.03. The van der Waals surface area contributed by atoms with E-state index < -0.39 is 0 Å². The van der Waals surface area contributed by atoms with E-state index in [1.54, 1.807) is 0 Å². The molecule has 3 rings (SSSR count). The van der Waals surface area contributed by atoms with E-state index in [0.717, 1.165) is 28.7 Å². The Morgan fingerprint density at radius 1 is 1.12 bits per heavy atom. The van der Waals surface area contributed by atoms with Gasteiger partial charge in [-0.25, -0.2) is 4.79 Å². The van der Waals surface area contributed by atoms with Crippen molar-refractivity contribution in [2.24, 2.45) is 0 Å². The lowest BCUT2D eigenvalue weighted by Gasteiger charge is -1.96. The van der Waals surface area contributed by atoms with E-state index in [2.05, 4.69) is 0 Å². The Bertz CT molecular complexity index is 710. The van der Waals surface area contributed by atoms with Gasteiger partial charge in [0.1, 0.15) is 5.76 Å². The molecule has 0 radical (unpaired) electrons. The monoisotopic (exact) mass is 224 g/mol. The zero-order valence-electron chi connectivity index (χ0n) is 9.57. The van der Waals surface area contributed by atoms with E-state index in [4.69, 9.17) is 4.42 Å². The molecule has 17 heavy (non-hydrogen) atoms. The minimum atomic E-state index is -0.236. The molecule has 2 aliphatic carbocycles. The van der Waals surface area contributed by atoms with Crippen molar-refractivity contribution in [3.8, 4) is 11.1 Å². The molecule has 2 aliphatic rings. The molecule has 0 unspecified atom stereocenters. The molecule has 1 heterocycles. The lowest BCUT2D eigenvalue weighted by atomic mass is 10.1. The van der Waals surface area contributed by atoms with E-state index in [1.165, 1.54) is 0 Å². The van der Waals surface area contributed by atoms with E-state index in [1.807, 2.05) is 49.4 Å². The number of rotatable bonds is 1. The maximum Gasteiger partial charge on any atom is 0.344 e. The minimum Gasteiger partial charge on any atom is -0.427 e. The second-order valence-electron chi connectivity index (χ2n) is 4.11. The van der Waals surface area contributed by atoms with Crippen molar-refractivity contribution in [3.63, 3.8) is 0 Å². The van der Waals surface area contributed by atoms with Gasteiger partial charge < -0.3 is 4.42 Å². The summed E-state index contributed by atoms with van der Waals surface area (Å²) >= 11 is 0. The maximum atomic E-state index is 12.0. The van der Waals surface area contributed by atoms with E-state index in [9.17, 15) is 4.79 Å². The van der Waals surface area contributed by atoms with Crippen molar-refractivity contribution >= 4 is 10.8 Å². The molecular weight excluding hydrogens is 212 g/mol. The number of fused-ring (bicyclic) bond motifs is 3. The van der Waals surface area contributed by atoms with Crippen LogP contribution in [0.4, 0.5) is 0 Å². The lowest BCUT2D eigenvalue weighted by Crippen LogP contribution is -2.00. The van der Waals surface area contributed by atoms with Crippen molar-refractivity contribution in [1.82, 2.24) is 0 Å². The molecule has 0 fully saturated rings. The Morgan fingerprint density at radius 3 is 2.76 bits per heavy atom. The third-order valence-corrected chi connectivity index (χ3v) is 3.03. The quantitative estimate of drug-likeness (QED) is 0.633. The van der Waals surface area contributed by atoms with Gasteiger partial charge in [0.15, 0.2) is 0 Å². The van der Waals surface area contributed by atoms with E-state index in [-0.39, 0.29) is 5.63 Å². The Kier molecular flexibility index (Phi) is 2.22. The van der Waals surface area contributed by atoms with Crippen LogP contribution >= 0.6 is 0 Å². The second-order valence-corrected chi connectivity index (χ2v) is 4.11. The molecule has 0 aliphatic heterocycles. The minimum absolute atomic E-state index is 0.236. The first-order chi connectivity index (χ1) is 8.29. The van der Waals surface area contributed by atoms with Crippen LogP contribution in [0.1, 0.15) is 12.7 Å². The highest BCUT2D eigenvalue weighted by Crippen LogP contribution is 2.31. The average Bonchev–Trinajstić information content (AvgIpc) is 2.52. The van der Waals surface area contributed by atoms with Crippen molar-refractivity contribution in [1.29, 1.82) is 0 Å². The first-order valence-electron chi connectivity index (χ1n) is 5.74. The number of hydrogen-bond acceptors (Lipinski definition) is 2. The maximum absolute atomic E-state index is 12.0. The fraction of sp³-hybridized carbons (Fsp3) is 0.133. The van der Waals surface area contributed by atoms with Gasteiger partial charge in [-0.05, 0) is 28.6 Å². The van der Waals surface area contributed by atoms with Gasteiger partial charge in [-0.2, -0.15) is 0 Å². The summed E-state index contributed by atoms with van der Waals surface area (Å²) in [7, 11) is 0. The van der Waals surface area contributed by atoms with Crippen LogP contribution in [0.3, 0.4) is 0 Å². The molecule has 1 aromatic heterocycles. The molecule has 0 N–H and O–H groups in total. The van der Waals surface area contributed by atoms with Gasteiger partial charge in [0.2, 0.25) is 0 Å². The summed E-state index contributed by atoms with van der Waals surface area (Å²) < 4.78 is 5.28. The summed E-state index contributed by atoms with van der Waals surface area (Å²) in [6, 6.07) is 13.8. The summed E-state index contributed by atoms with van der Waals surface area (Å²) in [5, 5.41) is 1.66. The largest absolute Gasteiger partial charge is 0.427 e. The Hall–Kier alpha value is -2.09. The normalized spacial score (nSPS) is 11.1. The fourth-order valence-electron chi connectivity index (χ4n) is 2.20. The Balaban J connectivity index is 2.48. The van der Waals surface area contributed by atoms with Crippen LogP contribution < -0.4 is 5.63 Å². The van der Waals surface area contributed by atoms with Crippen LogP contribution in [0.5, 0.6) is 0 Å². The zero-order chi connectivity index (χ0) is 11.8. The molecule has 0 aromatic carbocycles.